The fourth-order valence-corrected chi connectivity index (χ4v) is 2.48. The number of halogens is 2. The van der Waals surface area contributed by atoms with Gasteiger partial charge in [0.1, 0.15) is 17.3 Å². The van der Waals surface area contributed by atoms with E-state index in [1.807, 2.05) is 7.05 Å². The van der Waals surface area contributed by atoms with Crippen LogP contribution >= 0.6 is 0 Å². The van der Waals surface area contributed by atoms with E-state index in [0.717, 1.165) is 6.54 Å². The lowest BCUT2D eigenvalue weighted by molar-refractivity contribution is 0.232. The molecule has 1 aliphatic heterocycles. The van der Waals surface area contributed by atoms with Gasteiger partial charge in [0.05, 0.1) is 0 Å². The summed E-state index contributed by atoms with van der Waals surface area (Å²) < 4.78 is 28.2. The number of piperazine rings is 1. The monoisotopic (exact) mass is 269 g/mol. The Balaban J connectivity index is 2.25. The fourth-order valence-electron chi connectivity index (χ4n) is 2.48. The van der Waals surface area contributed by atoms with Crippen molar-refractivity contribution in [2.45, 2.75) is 19.5 Å². The van der Waals surface area contributed by atoms with Gasteiger partial charge in [0.2, 0.25) is 0 Å². The molecule has 0 bridgehead atoms. The minimum atomic E-state index is -0.470. The third-order valence-corrected chi connectivity index (χ3v) is 3.73. The van der Waals surface area contributed by atoms with Gasteiger partial charge in [-0.3, -0.25) is 0 Å². The van der Waals surface area contributed by atoms with Crippen LogP contribution in [0.15, 0.2) is 12.1 Å². The summed E-state index contributed by atoms with van der Waals surface area (Å²) in [5, 5.41) is 2.90. The maximum absolute atomic E-state index is 14.1. The van der Waals surface area contributed by atoms with Crippen molar-refractivity contribution in [3.63, 3.8) is 0 Å². The molecule has 3 nitrogen and oxygen atoms in total. The van der Waals surface area contributed by atoms with Crippen molar-refractivity contribution in [3.05, 3.63) is 29.3 Å². The summed E-state index contributed by atoms with van der Waals surface area (Å²) >= 11 is 0. The van der Waals surface area contributed by atoms with E-state index < -0.39 is 11.6 Å². The molecule has 0 aliphatic carbocycles. The molecule has 1 aromatic carbocycles. The second kappa shape index (κ2) is 5.84. The maximum Gasteiger partial charge on any atom is 0.149 e. The first-order chi connectivity index (χ1) is 9.02. The molecule has 19 heavy (non-hydrogen) atoms. The smallest absolute Gasteiger partial charge is 0.149 e. The third kappa shape index (κ3) is 3.04. The van der Waals surface area contributed by atoms with Crippen molar-refractivity contribution in [1.82, 2.24) is 10.2 Å². The highest BCUT2D eigenvalue weighted by Gasteiger charge is 2.25. The minimum absolute atomic E-state index is 0.111. The number of likely N-dealkylation sites (N-methyl/N-ethyl adjacent to an activating group) is 1. The minimum Gasteiger partial charge on any atom is -0.364 e. The Bertz CT molecular complexity index is 427. The average molecular weight is 269 g/mol. The van der Waals surface area contributed by atoms with Gasteiger partial charge in [0, 0.05) is 32.2 Å². The molecule has 0 aromatic heterocycles. The molecule has 1 fully saturated rings. The van der Waals surface area contributed by atoms with Gasteiger partial charge < -0.3 is 15.1 Å². The predicted octanol–water partition coefficient (Wildman–Crippen LogP) is 1.82. The average Bonchev–Trinajstić information content (AvgIpc) is 2.33. The molecule has 2 rings (SSSR count). The van der Waals surface area contributed by atoms with E-state index in [1.54, 1.807) is 11.9 Å². The first-order valence-electron chi connectivity index (χ1n) is 6.60. The van der Waals surface area contributed by atoms with Crippen molar-refractivity contribution in [3.8, 4) is 0 Å². The number of nitrogens with zero attached hydrogens (tertiary/aromatic N) is 2. The standard InChI is InChI=1S/C14H21F2N3/c1-10-9-19(5-4-18(10)3)14-12(15)6-11(8-17-2)7-13(14)16/h6-7,10,17H,4-5,8-9H2,1-3H3. The molecule has 1 N–H and O–H groups in total. The second-order valence-electron chi connectivity index (χ2n) is 5.21. The van der Waals surface area contributed by atoms with Gasteiger partial charge in [-0.25, -0.2) is 8.78 Å². The van der Waals surface area contributed by atoms with Gasteiger partial charge in [-0.1, -0.05) is 0 Å². The number of hydrogen-bond donors (Lipinski definition) is 1. The van der Waals surface area contributed by atoms with E-state index in [1.165, 1.54) is 12.1 Å². The maximum atomic E-state index is 14.1. The molecular formula is C14H21F2N3. The van der Waals surface area contributed by atoms with Gasteiger partial charge in [-0.2, -0.15) is 0 Å². The Hall–Kier alpha value is -1.20. The van der Waals surface area contributed by atoms with Gasteiger partial charge in [0.25, 0.3) is 0 Å². The molecule has 1 heterocycles. The van der Waals surface area contributed by atoms with Crippen LogP contribution in [0.1, 0.15) is 12.5 Å². The van der Waals surface area contributed by atoms with Gasteiger partial charge in [-0.15, -0.1) is 0 Å². The molecule has 1 saturated heterocycles. The Labute approximate surface area is 113 Å². The Morgan fingerprint density at radius 3 is 2.42 bits per heavy atom. The zero-order valence-corrected chi connectivity index (χ0v) is 11.7. The van der Waals surface area contributed by atoms with E-state index >= 15 is 0 Å². The molecule has 5 heteroatoms. The van der Waals surface area contributed by atoms with E-state index in [9.17, 15) is 8.78 Å². The number of hydrogen-bond acceptors (Lipinski definition) is 3. The van der Waals surface area contributed by atoms with Gasteiger partial charge >= 0.3 is 0 Å². The molecule has 0 saturated carbocycles. The molecule has 1 unspecified atom stereocenters. The predicted molar refractivity (Wildman–Crippen MR) is 73.4 cm³/mol. The molecule has 0 amide bonds. The topological polar surface area (TPSA) is 18.5 Å². The van der Waals surface area contributed by atoms with E-state index in [-0.39, 0.29) is 5.69 Å². The lowest BCUT2D eigenvalue weighted by Crippen LogP contribution is -2.50. The summed E-state index contributed by atoms with van der Waals surface area (Å²) in [6.45, 7) is 4.65. The highest BCUT2D eigenvalue weighted by molar-refractivity contribution is 5.51. The largest absolute Gasteiger partial charge is 0.364 e. The normalized spacial score (nSPS) is 20.9. The molecule has 0 radical (unpaired) electrons. The van der Waals surface area contributed by atoms with Crippen molar-refractivity contribution >= 4 is 5.69 Å². The van der Waals surface area contributed by atoms with Crippen molar-refractivity contribution < 1.29 is 8.78 Å². The summed E-state index contributed by atoms with van der Waals surface area (Å²) in [6, 6.07) is 3.13. The zero-order valence-electron chi connectivity index (χ0n) is 11.7. The van der Waals surface area contributed by atoms with Crippen LogP contribution in [0.25, 0.3) is 0 Å². The molecule has 106 valence electrons. The Morgan fingerprint density at radius 2 is 1.89 bits per heavy atom. The molecule has 0 spiro atoms. The van der Waals surface area contributed by atoms with Crippen LogP contribution in [0, 0.1) is 11.6 Å². The summed E-state index contributed by atoms with van der Waals surface area (Å²) in [4.78, 5) is 4.00. The van der Waals surface area contributed by atoms with Crippen LogP contribution < -0.4 is 10.2 Å². The Kier molecular flexibility index (Phi) is 4.37. The van der Waals surface area contributed by atoms with Crippen LogP contribution in [0.3, 0.4) is 0 Å². The van der Waals surface area contributed by atoms with E-state index in [2.05, 4.69) is 17.1 Å². The lowest BCUT2D eigenvalue weighted by atomic mass is 10.1. The number of nitrogens with one attached hydrogen (secondary N) is 1. The number of rotatable bonds is 3. The summed E-state index contributed by atoms with van der Waals surface area (Å²) in [6.07, 6.45) is 0. The van der Waals surface area contributed by atoms with E-state index in [0.29, 0.717) is 31.2 Å². The molecule has 1 aromatic rings. The second-order valence-corrected chi connectivity index (χ2v) is 5.21. The summed E-state index contributed by atoms with van der Waals surface area (Å²) in [5.74, 6) is -0.941. The highest BCUT2D eigenvalue weighted by Crippen LogP contribution is 2.27. The quantitative estimate of drug-likeness (QED) is 0.903. The Morgan fingerprint density at radius 1 is 1.26 bits per heavy atom. The van der Waals surface area contributed by atoms with Crippen molar-refractivity contribution in [1.29, 1.82) is 0 Å². The lowest BCUT2D eigenvalue weighted by Gasteiger charge is -2.39. The zero-order chi connectivity index (χ0) is 14.0. The van der Waals surface area contributed by atoms with Gasteiger partial charge in [-0.05, 0) is 38.7 Å². The van der Waals surface area contributed by atoms with Crippen molar-refractivity contribution in [2.75, 3.05) is 38.6 Å². The van der Waals surface area contributed by atoms with Gasteiger partial charge in [0.15, 0.2) is 0 Å². The first kappa shape index (κ1) is 14.2. The summed E-state index contributed by atoms with van der Waals surface area (Å²) in [7, 11) is 3.79. The SMILES string of the molecule is CNCc1cc(F)c(N2CCN(C)C(C)C2)c(F)c1. The van der Waals surface area contributed by atoms with Crippen LogP contribution in [0.2, 0.25) is 0 Å². The van der Waals surface area contributed by atoms with Crippen LogP contribution in [0.4, 0.5) is 14.5 Å². The summed E-state index contributed by atoms with van der Waals surface area (Å²) in [5.41, 5.74) is 0.739. The molecule has 1 aliphatic rings. The van der Waals surface area contributed by atoms with E-state index in [4.69, 9.17) is 0 Å². The molecular weight excluding hydrogens is 248 g/mol. The number of anilines is 1. The van der Waals surface area contributed by atoms with Crippen LogP contribution in [0.5, 0.6) is 0 Å². The number of benzene rings is 1. The van der Waals surface area contributed by atoms with Crippen molar-refractivity contribution in [2.24, 2.45) is 0 Å². The van der Waals surface area contributed by atoms with Crippen LogP contribution in [-0.2, 0) is 6.54 Å². The first-order valence-corrected chi connectivity index (χ1v) is 6.60. The molecule has 1 atom stereocenters. The highest BCUT2D eigenvalue weighted by atomic mass is 19.1. The van der Waals surface area contributed by atoms with Crippen LogP contribution in [-0.4, -0.2) is 44.7 Å². The third-order valence-electron chi connectivity index (χ3n) is 3.73. The fraction of sp³-hybridized carbons (Fsp3) is 0.571.